The number of carbonyl (C=O) groups excluding carboxylic acids is 4. The van der Waals surface area contributed by atoms with E-state index in [1.165, 1.54) is 0 Å². The maximum Gasteiger partial charge on any atom is 0.515 e. The summed E-state index contributed by atoms with van der Waals surface area (Å²) >= 11 is 1.16. The molecule has 0 radical (unpaired) electrons. The molecule has 0 spiro atoms. The van der Waals surface area contributed by atoms with Crippen LogP contribution in [0.4, 0.5) is 9.59 Å². The number of aldehydes is 2. The van der Waals surface area contributed by atoms with Gasteiger partial charge >= 0.3 is 12.3 Å². The zero-order chi connectivity index (χ0) is 49.8. The van der Waals surface area contributed by atoms with Crippen LogP contribution in [0.2, 0.25) is 0 Å². The largest absolute Gasteiger partial charge is 0.515 e. The highest BCUT2D eigenvalue weighted by Crippen LogP contribution is 2.43. The molecule has 7 aromatic carbocycles. The van der Waals surface area contributed by atoms with E-state index in [0.717, 1.165) is 85.0 Å². The monoisotopic (exact) mass is 978 g/mol. The van der Waals surface area contributed by atoms with Crippen molar-refractivity contribution in [1.82, 2.24) is 18.3 Å². The summed E-state index contributed by atoms with van der Waals surface area (Å²) in [7, 11) is 0. The highest BCUT2D eigenvalue weighted by atomic mass is 32.1. The third-order valence-corrected chi connectivity index (χ3v) is 12.0. The molecule has 1 N–H and O–H groups in total. The molecule has 0 fully saturated rings. The maximum absolute atomic E-state index is 12.7. The summed E-state index contributed by atoms with van der Waals surface area (Å²) in [6, 6.07) is 51.4. The van der Waals surface area contributed by atoms with Crippen LogP contribution in [0.15, 0.2) is 164 Å². The van der Waals surface area contributed by atoms with Gasteiger partial charge in [-0.25, -0.2) is 9.59 Å². The summed E-state index contributed by atoms with van der Waals surface area (Å²) in [5.74, 6) is 1.95. The molecule has 10 rings (SSSR count). The summed E-state index contributed by atoms with van der Waals surface area (Å²) in [6.45, 7) is 5.05. The van der Waals surface area contributed by atoms with E-state index in [0.29, 0.717) is 59.4 Å². The standard InChI is InChI=1S/C32H25N3O5S.C25H21NO5/c1-2-38-32(37)40-31-30(24-11-8-21(19-36)9-12-24)26-14-13-25(39-20-22-6-4-3-5-7-22)17-29(26)35(31)18-23-10-15-27-28(16-23)34-41-33-27;1-2-29-25(28)31-24-23(19-10-8-17(15-27)9-11-19)21-13-12-20(14-22(21)26-24)30-16-18-6-4-3-5-7-18/h3-17,19H,2,18,20H2,1H3;3-15,26H,2,16H2,1H3. The van der Waals surface area contributed by atoms with Crippen LogP contribution in [0.1, 0.15) is 51.3 Å². The minimum atomic E-state index is -0.804. The van der Waals surface area contributed by atoms with Crippen LogP contribution in [0.5, 0.6) is 23.3 Å². The molecule has 0 unspecified atom stereocenters. The molecule has 14 nitrogen and oxygen atoms in total. The van der Waals surface area contributed by atoms with E-state index in [4.69, 9.17) is 28.4 Å². The van der Waals surface area contributed by atoms with Gasteiger partial charge in [0, 0.05) is 34.0 Å². The van der Waals surface area contributed by atoms with Crippen LogP contribution in [-0.2, 0) is 29.2 Å². The minimum absolute atomic E-state index is 0.174. The van der Waals surface area contributed by atoms with Crippen molar-refractivity contribution in [1.29, 1.82) is 0 Å². The summed E-state index contributed by atoms with van der Waals surface area (Å²) in [5.41, 5.74) is 10.4. The first kappa shape index (κ1) is 48.0. The van der Waals surface area contributed by atoms with Gasteiger partial charge in [-0.05, 0) is 78.1 Å². The Kier molecular flexibility index (Phi) is 15.0. The van der Waals surface area contributed by atoms with Crippen molar-refractivity contribution in [3.8, 4) is 45.5 Å². The minimum Gasteiger partial charge on any atom is -0.489 e. The molecule has 0 saturated heterocycles. The van der Waals surface area contributed by atoms with E-state index in [1.54, 1.807) is 38.1 Å². The molecule has 0 atom stereocenters. The average molecular weight is 979 g/mol. The van der Waals surface area contributed by atoms with E-state index >= 15 is 0 Å². The van der Waals surface area contributed by atoms with Gasteiger partial charge in [-0.2, -0.15) is 8.75 Å². The Hall–Kier alpha value is -9.08. The molecule has 0 aliphatic heterocycles. The van der Waals surface area contributed by atoms with Crippen LogP contribution >= 0.6 is 11.7 Å². The number of H-pyrrole nitrogens is 1. The normalized spacial score (nSPS) is 10.9. The number of nitrogens with zero attached hydrogens (tertiary/aromatic N) is 3. The molecule has 15 heteroatoms. The average Bonchev–Trinajstić information content (AvgIpc) is 4.11. The summed E-state index contributed by atoms with van der Waals surface area (Å²) in [4.78, 5) is 50.1. The third kappa shape index (κ3) is 11.2. The Morgan fingerprint density at radius 1 is 0.569 bits per heavy atom. The summed E-state index contributed by atoms with van der Waals surface area (Å²) in [6.07, 6.45) is -0.0173. The number of hydrogen-bond acceptors (Lipinski definition) is 13. The van der Waals surface area contributed by atoms with Gasteiger partial charge in [0.15, 0.2) is 0 Å². The van der Waals surface area contributed by atoms with Gasteiger partial charge in [-0.3, -0.25) is 9.59 Å². The molecule has 0 aliphatic rings. The third-order valence-electron chi connectivity index (χ3n) is 11.4. The van der Waals surface area contributed by atoms with Crippen molar-refractivity contribution in [3.63, 3.8) is 0 Å². The number of carbonyl (C=O) groups is 4. The Morgan fingerprint density at radius 3 is 1.72 bits per heavy atom. The molecule has 0 saturated carbocycles. The van der Waals surface area contributed by atoms with Crippen LogP contribution in [0.25, 0.3) is 55.1 Å². The molecule has 360 valence electrons. The Balaban J connectivity index is 0.000000185. The number of rotatable bonds is 16. The molecular formula is C57H46N4O10S. The number of nitrogens with one attached hydrogen (secondary N) is 1. The van der Waals surface area contributed by atoms with Gasteiger partial charge in [0.1, 0.15) is 48.3 Å². The topological polar surface area (TPSA) is 170 Å². The number of hydrogen-bond donors (Lipinski definition) is 1. The van der Waals surface area contributed by atoms with Gasteiger partial charge < -0.3 is 38.0 Å². The van der Waals surface area contributed by atoms with E-state index < -0.39 is 12.3 Å². The van der Waals surface area contributed by atoms with Gasteiger partial charge in [0.2, 0.25) is 11.8 Å². The van der Waals surface area contributed by atoms with Crippen molar-refractivity contribution < 1.29 is 47.6 Å². The lowest BCUT2D eigenvalue weighted by Crippen LogP contribution is -2.14. The van der Waals surface area contributed by atoms with Gasteiger partial charge in [0.25, 0.3) is 0 Å². The predicted molar refractivity (Wildman–Crippen MR) is 275 cm³/mol. The van der Waals surface area contributed by atoms with E-state index in [9.17, 15) is 19.2 Å². The fourth-order valence-corrected chi connectivity index (χ4v) is 8.56. The van der Waals surface area contributed by atoms with Crippen molar-refractivity contribution in [2.24, 2.45) is 0 Å². The SMILES string of the molecule is CCOC(=O)Oc1[nH]c2cc(OCc3ccccc3)ccc2c1-c1ccc(C=O)cc1.CCOC(=O)Oc1c(-c2ccc(C=O)cc2)c2ccc(OCc3ccccc3)cc2n1Cc1ccc2nsnc2c1. The van der Waals surface area contributed by atoms with Gasteiger partial charge in [-0.1, -0.05) is 115 Å². The molecule has 0 aliphatic carbocycles. The zero-order valence-corrected chi connectivity index (χ0v) is 39.9. The van der Waals surface area contributed by atoms with E-state index in [-0.39, 0.29) is 19.1 Å². The Bertz CT molecular complexity index is 3500. The highest BCUT2D eigenvalue weighted by Gasteiger charge is 2.25. The molecule has 0 bridgehead atoms. The number of ether oxygens (including phenoxy) is 6. The zero-order valence-electron chi connectivity index (χ0n) is 39.1. The maximum atomic E-state index is 12.7. The number of aromatic amines is 1. The van der Waals surface area contributed by atoms with Crippen molar-refractivity contribution in [2.45, 2.75) is 33.6 Å². The lowest BCUT2D eigenvalue weighted by atomic mass is 10.0. The van der Waals surface area contributed by atoms with E-state index in [1.807, 2.05) is 144 Å². The molecular weight excluding hydrogens is 933 g/mol. The fourth-order valence-electron chi connectivity index (χ4n) is 8.05. The second kappa shape index (κ2) is 22.6. The quantitative estimate of drug-likeness (QED) is 0.0719. The van der Waals surface area contributed by atoms with Crippen molar-refractivity contribution in [3.05, 3.63) is 192 Å². The second-order valence-corrected chi connectivity index (χ2v) is 16.7. The van der Waals surface area contributed by atoms with Crippen molar-refractivity contribution >= 4 is 69.5 Å². The Morgan fingerprint density at radius 2 is 1.12 bits per heavy atom. The molecule has 3 aromatic heterocycles. The van der Waals surface area contributed by atoms with Gasteiger partial charge in [-0.15, -0.1) is 0 Å². The predicted octanol–water partition coefficient (Wildman–Crippen LogP) is 13.0. The lowest BCUT2D eigenvalue weighted by Gasteiger charge is -2.13. The second-order valence-electron chi connectivity index (χ2n) is 16.2. The molecule has 3 heterocycles. The first-order valence-corrected chi connectivity index (χ1v) is 23.7. The number of aromatic nitrogens is 4. The number of benzene rings is 7. The summed E-state index contributed by atoms with van der Waals surface area (Å²) < 4.78 is 44.1. The van der Waals surface area contributed by atoms with Crippen molar-refractivity contribution in [2.75, 3.05) is 13.2 Å². The first-order valence-electron chi connectivity index (χ1n) is 23.0. The van der Waals surface area contributed by atoms with Crippen LogP contribution in [0, 0.1) is 0 Å². The van der Waals surface area contributed by atoms with Gasteiger partial charge in [0.05, 0.1) is 53.6 Å². The Labute approximate surface area is 417 Å². The van der Waals surface area contributed by atoms with Crippen LogP contribution in [-0.4, -0.2) is 56.4 Å². The number of fused-ring (bicyclic) bond motifs is 3. The van der Waals surface area contributed by atoms with Crippen LogP contribution in [0.3, 0.4) is 0 Å². The van der Waals surface area contributed by atoms with Crippen LogP contribution < -0.4 is 18.9 Å². The first-order chi connectivity index (χ1) is 35.3. The molecule has 0 amide bonds. The highest BCUT2D eigenvalue weighted by molar-refractivity contribution is 7.00. The fraction of sp³-hybridized carbons (Fsp3) is 0.123. The lowest BCUT2D eigenvalue weighted by molar-refractivity contribution is 0.101. The smallest absolute Gasteiger partial charge is 0.489 e. The van der Waals surface area contributed by atoms with E-state index in [2.05, 4.69) is 13.7 Å². The molecule has 72 heavy (non-hydrogen) atoms. The molecule has 10 aromatic rings. The summed E-state index contributed by atoms with van der Waals surface area (Å²) in [5, 5.41) is 1.71.